The molecule has 168 valence electrons. The zero-order valence-electron chi connectivity index (χ0n) is 18.0. The highest BCUT2D eigenvalue weighted by atomic mass is 32.2. The Morgan fingerprint density at radius 2 is 1.79 bits per heavy atom. The van der Waals surface area contributed by atoms with Gasteiger partial charge in [0.2, 0.25) is 0 Å². The molecule has 0 radical (unpaired) electrons. The molecule has 9 heteroatoms. The lowest BCUT2D eigenvalue weighted by atomic mass is 10.1. The lowest BCUT2D eigenvalue weighted by Gasteiger charge is -2.23. The summed E-state index contributed by atoms with van der Waals surface area (Å²) in [6.07, 6.45) is 1.69. The van der Waals surface area contributed by atoms with E-state index in [0.29, 0.717) is 28.1 Å². The van der Waals surface area contributed by atoms with E-state index in [1.54, 1.807) is 49.4 Å². The Labute approximate surface area is 190 Å². The zero-order valence-corrected chi connectivity index (χ0v) is 18.9. The summed E-state index contributed by atoms with van der Waals surface area (Å²) < 4.78 is 43.5. The van der Waals surface area contributed by atoms with Crippen LogP contribution in [-0.4, -0.2) is 29.7 Å². The van der Waals surface area contributed by atoms with E-state index in [4.69, 9.17) is 0 Å². The quantitative estimate of drug-likeness (QED) is 0.500. The first kappa shape index (κ1) is 21.1. The first-order valence-electron chi connectivity index (χ1n) is 10.4. The van der Waals surface area contributed by atoms with Gasteiger partial charge in [-0.3, -0.25) is 9.89 Å². The van der Waals surface area contributed by atoms with Crippen LogP contribution in [0.3, 0.4) is 0 Å². The second-order valence-corrected chi connectivity index (χ2v) is 9.97. The monoisotopic (exact) mass is 464 g/mol. The number of H-pyrrole nitrogens is 1. The second kappa shape index (κ2) is 7.70. The smallest absolute Gasteiger partial charge is 0.275 e. The number of hydrogen-bond acceptors (Lipinski definition) is 4. The van der Waals surface area contributed by atoms with Crippen molar-refractivity contribution in [3.8, 4) is 16.9 Å². The van der Waals surface area contributed by atoms with Crippen molar-refractivity contribution in [3.05, 3.63) is 93.7 Å². The number of nitrogens with one attached hydrogen (secondary N) is 1. The third-order valence-corrected chi connectivity index (χ3v) is 7.54. The van der Waals surface area contributed by atoms with E-state index in [-0.39, 0.29) is 29.2 Å². The number of pyridine rings is 1. The van der Waals surface area contributed by atoms with Crippen molar-refractivity contribution >= 4 is 15.8 Å². The largest absolute Gasteiger partial charge is 0.290 e. The van der Waals surface area contributed by atoms with Crippen LogP contribution >= 0.6 is 0 Å². The summed E-state index contributed by atoms with van der Waals surface area (Å²) in [5.41, 5.74) is 3.05. The fourth-order valence-corrected chi connectivity index (χ4v) is 5.58. The van der Waals surface area contributed by atoms with Crippen molar-refractivity contribution in [2.75, 3.05) is 10.8 Å². The Bertz CT molecular complexity index is 1520. The minimum Gasteiger partial charge on any atom is -0.290 e. The van der Waals surface area contributed by atoms with Gasteiger partial charge in [-0.15, -0.1) is 0 Å². The molecule has 0 fully saturated rings. The van der Waals surface area contributed by atoms with Gasteiger partial charge >= 0.3 is 0 Å². The lowest BCUT2D eigenvalue weighted by molar-refractivity contribution is 0.590. The van der Waals surface area contributed by atoms with Gasteiger partial charge in [0.1, 0.15) is 5.82 Å². The number of halogens is 1. The number of benzene rings is 2. The highest BCUT2D eigenvalue weighted by Gasteiger charge is 2.33. The molecular formula is C24H21FN4O3S. The number of aryl methyl sites for hydroxylation is 2. The Morgan fingerprint density at radius 1 is 1.03 bits per heavy atom. The van der Waals surface area contributed by atoms with Gasteiger partial charge in [0.25, 0.3) is 15.6 Å². The molecule has 1 aliphatic rings. The Morgan fingerprint density at radius 3 is 2.52 bits per heavy atom. The molecule has 1 N–H and O–H groups in total. The van der Waals surface area contributed by atoms with Gasteiger partial charge in [-0.25, -0.2) is 26.8 Å². The summed E-state index contributed by atoms with van der Waals surface area (Å²) in [5.74, 6) is -0.209. The second-order valence-electron chi connectivity index (χ2n) is 8.11. The molecule has 4 aromatic rings. The van der Waals surface area contributed by atoms with Gasteiger partial charge in [-0.2, -0.15) is 0 Å². The number of sulfonamides is 1. The van der Waals surface area contributed by atoms with Crippen LogP contribution in [0, 0.1) is 19.7 Å². The van der Waals surface area contributed by atoms with Crippen LogP contribution in [0.1, 0.15) is 16.7 Å². The van der Waals surface area contributed by atoms with Gasteiger partial charge in [0.15, 0.2) is 5.82 Å². The maximum absolute atomic E-state index is 14.0. The van der Waals surface area contributed by atoms with Crippen LogP contribution in [0.25, 0.3) is 16.9 Å². The molecule has 0 aliphatic carbocycles. The Hall–Kier alpha value is -3.72. The molecular weight excluding hydrogens is 443 g/mol. The molecule has 2 aromatic carbocycles. The van der Waals surface area contributed by atoms with Crippen molar-refractivity contribution in [1.29, 1.82) is 0 Å². The first-order valence-corrected chi connectivity index (χ1v) is 11.9. The standard InChI is InChI=1S/C24H21FN4O3S/c1-15-5-7-19(8-6-15)33(31,32)28-11-9-21-22(20-4-3-10-26-23(20)28)27-29(24(21)30)18-13-16(2)12-17(25)14-18/h3-8,10,12-14,27H,9,11H2,1-2H3. The fourth-order valence-electron chi connectivity index (χ4n) is 4.14. The molecule has 0 atom stereocenters. The van der Waals surface area contributed by atoms with Crippen LogP contribution in [0.2, 0.25) is 0 Å². The molecule has 5 rings (SSSR count). The lowest BCUT2D eigenvalue weighted by Crippen LogP contribution is -2.34. The normalized spacial score (nSPS) is 13.4. The number of nitrogens with zero attached hydrogens (tertiary/aromatic N) is 3. The molecule has 0 bridgehead atoms. The van der Waals surface area contributed by atoms with E-state index < -0.39 is 15.8 Å². The number of aromatic nitrogens is 3. The summed E-state index contributed by atoms with van der Waals surface area (Å²) in [6.45, 7) is 3.68. The average molecular weight is 465 g/mol. The van der Waals surface area contributed by atoms with Crippen LogP contribution in [0.4, 0.5) is 10.2 Å². The van der Waals surface area contributed by atoms with E-state index in [0.717, 1.165) is 5.56 Å². The van der Waals surface area contributed by atoms with Crippen LogP contribution in [0.15, 0.2) is 70.5 Å². The molecule has 0 amide bonds. The van der Waals surface area contributed by atoms with E-state index in [1.807, 2.05) is 6.92 Å². The number of rotatable bonds is 3. The topological polar surface area (TPSA) is 88.1 Å². The highest BCUT2D eigenvalue weighted by molar-refractivity contribution is 7.92. The van der Waals surface area contributed by atoms with Gasteiger partial charge in [-0.05, 0) is 68.3 Å². The maximum Gasteiger partial charge on any atom is 0.275 e. The third-order valence-electron chi connectivity index (χ3n) is 5.74. The van der Waals surface area contributed by atoms with Gasteiger partial charge in [-0.1, -0.05) is 17.7 Å². The van der Waals surface area contributed by atoms with E-state index in [2.05, 4.69) is 10.1 Å². The number of fused-ring (bicyclic) bond motifs is 3. The Balaban J connectivity index is 1.67. The van der Waals surface area contributed by atoms with E-state index in [1.165, 1.54) is 27.3 Å². The summed E-state index contributed by atoms with van der Waals surface area (Å²) in [4.78, 5) is 17.8. The predicted octanol–water partition coefficient (Wildman–Crippen LogP) is 3.73. The molecule has 0 saturated carbocycles. The average Bonchev–Trinajstić information content (AvgIpc) is 3.00. The minimum absolute atomic E-state index is 0.0441. The van der Waals surface area contributed by atoms with Crippen molar-refractivity contribution in [3.63, 3.8) is 0 Å². The number of hydrogen-bond donors (Lipinski definition) is 1. The molecule has 3 heterocycles. The molecule has 2 aromatic heterocycles. The van der Waals surface area contributed by atoms with Crippen LogP contribution in [-0.2, 0) is 16.4 Å². The minimum atomic E-state index is -3.90. The molecule has 0 spiro atoms. The third kappa shape index (κ3) is 3.54. The van der Waals surface area contributed by atoms with Gasteiger partial charge < -0.3 is 0 Å². The number of aromatic amines is 1. The van der Waals surface area contributed by atoms with Crippen molar-refractivity contribution in [2.45, 2.75) is 25.2 Å². The molecule has 1 aliphatic heterocycles. The van der Waals surface area contributed by atoms with Gasteiger partial charge in [0, 0.05) is 23.9 Å². The van der Waals surface area contributed by atoms with Crippen molar-refractivity contribution in [1.82, 2.24) is 14.8 Å². The molecule has 33 heavy (non-hydrogen) atoms. The molecule has 0 unspecified atom stereocenters. The van der Waals surface area contributed by atoms with E-state index >= 15 is 0 Å². The van der Waals surface area contributed by atoms with Gasteiger partial charge in [0.05, 0.1) is 16.3 Å². The first-order chi connectivity index (χ1) is 15.8. The van der Waals surface area contributed by atoms with Crippen LogP contribution in [0.5, 0.6) is 0 Å². The SMILES string of the molecule is Cc1ccc(S(=O)(=O)N2CCc3c([nH]n(-c4cc(C)cc(F)c4)c3=O)-c3cccnc32)cc1. The summed E-state index contributed by atoms with van der Waals surface area (Å²) in [5, 5.41) is 3.06. The number of anilines is 1. The summed E-state index contributed by atoms with van der Waals surface area (Å²) in [7, 11) is -3.90. The Kier molecular flexibility index (Phi) is 4.93. The maximum atomic E-state index is 14.0. The zero-order chi connectivity index (χ0) is 23.3. The molecule has 7 nitrogen and oxygen atoms in total. The summed E-state index contributed by atoms with van der Waals surface area (Å²) >= 11 is 0. The summed E-state index contributed by atoms with van der Waals surface area (Å²) in [6, 6.07) is 14.4. The van der Waals surface area contributed by atoms with E-state index in [9.17, 15) is 17.6 Å². The van der Waals surface area contributed by atoms with Crippen LogP contribution < -0.4 is 9.86 Å². The van der Waals surface area contributed by atoms with Crippen molar-refractivity contribution in [2.24, 2.45) is 0 Å². The van der Waals surface area contributed by atoms with Crippen molar-refractivity contribution < 1.29 is 12.8 Å². The predicted molar refractivity (Wildman–Crippen MR) is 124 cm³/mol. The highest BCUT2D eigenvalue weighted by Crippen LogP contribution is 2.35. The molecule has 0 saturated heterocycles. The fraction of sp³-hybridized carbons (Fsp3) is 0.167.